The molecule has 0 fully saturated rings. The summed E-state index contributed by atoms with van der Waals surface area (Å²) in [6.45, 7) is 6.32. The van der Waals surface area contributed by atoms with E-state index >= 15 is 0 Å². The Morgan fingerprint density at radius 3 is 2.96 bits per heavy atom. The van der Waals surface area contributed by atoms with Gasteiger partial charge in [0, 0.05) is 35.6 Å². The summed E-state index contributed by atoms with van der Waals surface area (Å²) in [4.78, 5) is 20.9. The lowest BCUT2D eigenvalue weighted by Gasteiger charge is -2.27. The number of hydrogen-bond acceptors (Lipinski definition) is 5. The average Bonchev–Trinajstić information content (AvgIpc) is 3.34. The van der Waals surface area contributed by atoms with Crippen LogP contribution in [-0.2, 0) is 19.5 Å². The summed E-state index contributed by atoms with van der Waals surface area (Å²) < 4.78 is 7.20. The number of nitrogens with zero attached hydrogens (tertiary/aromatic N) is 4. The third-order valence-corrected chi connectivity index (χ3v) is 5.47. The summed E-state index contributed by atoms with van der Waals surface area (Å²) in [6.07, 6.45) is 4.86. The first-order valence-corrected chi connectivity index (χ1v) is 9.32. The molecule has 0 spiro atoms. The van der Waals surface area contributed by atoms with Gasteiger partial charge in [0.1, 0.15) is 17.7 Å². The number of carbonyl (C=O) groups is 1. The van der Waals surface area contributed by atoms with E-state index in [4.69, 9.17) is 9.52 Å². The summed E-state index contributed by atoms with van der Waals surface area (Å²) in [5, 5.41) is 4.75. The van der Waals surface area contributed by atoms with Gasteiger partial charge in [-0.15, -0.1) is 11.3 Å². The molecule has 0 saturated carbocycles. The monoisotopic (exact) mass is 356 g/mol. The Labute approximate surface area is 150 Å². The number of hydrogen-bond donors (Lipinski definition) is 0. The van der Waals surface area contributed by atoms with Crippen molar-refractivity contribution >= 4 is 17.2 Å². The highest BCUT2D eigenvalue weighted by atomic mass is 32.1. The second kappa shape index (κ2) is 6.48. The topological polar surface area (TPSA) is 64.2 Å². The molecule has 0 aliphatic carbocycles. The molecule has 4 rings (SSSR count). The van der Waals surface area contributed by atoms with Crippen LogP contribution in [-0.4, -0.2) is 32.1 Å². The number of rotatable bonds is 4. The first-order valence-electron chi connectivity index (χ1n) is 8.50. The van der Waals surface area contributed by atoms with Crippen LogP contribution in [0.1, 0.15) is 39.2 Å². The van der Waals surface area contributed by atoms with Crippen LogP contribution >= 0.6 is 11.3 Å². The van der Waals surface area contributed by atoms with Crippen molar-refractivity contribution in [2.24, 2.45) is 0 Å². The second-order valence-corrected chi connectivity index (χ2v) is 7.55. The lowest BCUT2D eigenvalue weighted by Crippen LogP contribution is -2.36. The largest absolute Gasteiger partial charge is 0.451 e. The molecule has 1 aliphatic rings. The van der Waals surface area contributed by atoms with Gasteiger partial charge in [0.05, 0.1) is 11.4 Å². The zero-order chi connectivity index (χ0) is 17.4. The molecule has 1 aliphatic heterocycles. The summed E-state index contributed by atoms with van der Waals surface area (Å²) in [5.41, 5.74) is 3.87. The average molecular weight is 356 g/mol. The molecule has 0 atom stereocenters. The van der Waals surface area contributed by atoms with Gasteiger partial charge in [-0.3, -0.25) is 9.48 Å². The molecule has 7 heteroatoms. The number of oxazole rings is 1. The number of aryl methyl sites for hydroxylation is 2. The zero-order valence-corrected chi connectivity index (χ0v) is 15.2. The van der Waals surface area contributed by atoms with E-state index in [0.29, 0.717) is 6.54 Å². The molecule has 6 nitrogen and oxygen atoms in total. The minimum Gasteiger partial charge on any atom is -0.451 e. The standard InChI is InChI=1S/C18H20N4O2S/c1-3-7-22-15-6-8-21(18(23)16-5-4-12(2)25-16)9-13(15)17(20-22)14-10-24-11-19-14/h4-5,10-11H,3,6-9H2,1-2H3. The summed E-state index contributed by atoms with van der Waals surface area (Å²) >= 11 is 1.55. The Kier molecular flexibility index (Phi) is 4.17. The van der Waals surface area contributed by atoms with Crippen molar-refractivity contribution in [1.29, 1.82) is 0 Å². The van der Waals surface area contributed by atoms with Gasteiger partial charge in [-0.25, -0.2) is 4.98 Å². The van der Waals surface area contributed by atoms with Crippen LogP contribution < -0.4 is 0 Å². The third-order valence-electron chi connectivity index (χ3n) is 4.48. The number of amides is 1. The SMILES string of the molecule is CCCn1nc(-c2cocn2)c2c1CCN(C(=O)c1ccc(C)s1)C2. The predicted molar refractivity (Wildman–Crippen MR) is 95.5 cm³/mol. The molecule has 0 N–H and O–H groups in total. The van der Waals surface area contributed by atoms with Crippen molar-refractivity contribution in [3.63, 3.8) is 0 Å². The quantitative estimate of drug-likeness (QED) is 0.717. The molecule has 0 bridgehead atoms. The van der Waals surface area contributed by atoms with Crippen LogP contribution in [0.4, 0.5) is 0 Å². The fourth-order valence-electron chi connectivity index (χ4n) is 3.30. The van der Waals surface area contributed by atoms with Gasteiger partial charge in [-0.05, 0) is 25.5 Å². The molecular weight excluding hydrogens is 336 g/mol. The van der Waals surface area contributed by atoms with E-state index in [-0.39, 0.29) is 5.91 Å². The van der Waals surface area contributed by atoms with E-state index in [9.17, 15) is 4.79 Å². The molecule has 3 aromatic heterocycles. The van der Waals surface area contributed by atoms with Crippen molar-refractivity contribution in [2.75, 3.05) is 6.54 Å². The molecule has 0 unspecified atom stereocenters. The normalized spacial score (nSPS) is 13.9. The zero-order valence-electron chi connectivity index (χ0n) is 14.4. The Hall–Kier alpha value is -2.41. The van der Waals surface area contributed by atoms with Gasteiger partial charge in [-0.2, -0.15) is 5.10 Å². The van der Waals surface area contributed by atoms with Crippen molar-refractivity contribution in [1.82, 2.24) is 19.7 Å². The van der Waals surface area contributed by atoms with Gasteiger partial charge in [0.25, 0.3) is 5.91 Å². The first kappa shape index (κ1) is 16.1. The Balaban J connectivity index is 1.68. The van der Waals surface area contributed by atoms with E-state index in [2.05, 4.69) is 16.6 Å². The fourth-order valence-corrected chi connectivity index (χ4v) is 4.14. The maximum Gasteiger partial charge on any atom is 0.264 e. The Morgan fingerprint density at radius 2 is 2.28 bits per heavy atom. The van der Waals surface area contributed by atoms with Crippen LogP contribution in [0.5, 0.6) is 0 Å². The number of thiophene rings is 1. The maximum absolute atomic E-state index is 12.8. The van der Waals surface area contributed by atoms with Crippen molar-refractivity contribution in [3.8, 4) is 11.4 Å². The van der Waals surface area contributed by atoms with Gasteiger partial charge >= 0.3 is 0 Å². The highest BCUT2D eigenvalue weighted by molar-refractivity contribution is 7.13. The van der Waals surface area contributed by atoms with Crippen LogP contribution in [0.3, 0.4) is 0 Å². The van der Waals surface area contributed by atoms with Gasteiger partial charge < -0.3 is 9.32 Å². The van der Waals surface area contributed by atoms with Crippen LogP contribution in [0, 0.1) is 6.92 Å². The minimum atomic E-state index is 0.0955. The van der Waals surface area contributed by atoms with E-state index in [0.717, 1.165) is 52.6 Å². The van der Waals surface area contributed by atoms with Crippen LogP contribution in [0.25, 0.3) is 11.4 Å². The summed E-state index contributed by atoms with van der Waals surface area (Å²) in [7, 11) is 0. The number of aromatic nitrogens is 3. The van der Waals surface area contributed by atoms with Crippen LogP contribution in [0.2, 0.25) is 0 Å². The van der Waals surface area contributed by atoms with Crippen molar-refractivity contribution < 1.29 is 9.21 Å². The molecular formula is C18H20N4O2S. The molecule has 130 valence electrons. The van der Waals surface area contributed by atoms with Crippen molar-refractivity contribution in [2.45, 2.75) is 39.8 Å². The van der Waals surface area contributed by atoms with E-state index in [1.165, 1.54) is 12.1 Å². The van der Waals surface area contributed by atoms with E-state index < -0.39 is 0 Å². The lowest BCUT2D eigenvalue weighted by atomic mass is 10.0. The molecule has 0 aromatic carbocycles. The fraction of sp³-hybridized carbons (Fsp3) is 0.389. The van der Waals surface area contributed by atoms with Gasteiger partial charge in [-0.1, -0.05) is 6.92 Å². The van der Waals surface area contributed by atoms with E-state index in [1.54, 1.807) is 17.6 Å². The molecule has 4 heterocycles. The first-order chi connectivity index (χ1) is 12.2. The van der Waals surface area contributed by atoms with Gasteiger partial charge in [0.15, 0.2) is 6.39 Å². The molecule has 3 aromatic rings. The van der Waals surface area contributed by atoms with E-state index in [1.807, 2.05) is 24.0 Å². The number of fused-ring (bicyclic) bond motifs is 1. The highest BCUT2D eigenvalue weighted by Crippen LogP contribution is 2.30. The summed E-state index contributed by atoms with van der Waals surface area (Å²) in [6, 6.07) is 3.91. The Bertz CT molecular complexity index is 894. The van der Waals surface area contributed by atoms with Gasteiger partial charge in [0.2, 0.25) is 0 Å². The van der Waals surface area contributed by atoms with Crippen LogP contribution in [0.15, 0.2) is 29.2 Å². The number of carbonyl (C=O) groups excluding carboxylic acids is 1. The Morgan fingerprint density at radius 1 is 1.40 bits per heavy atom. The summed E-state index contributed by atoms with van der Waals surface area (Å²) in [5.74, 6) is 0.0955. The molecule has 25 heavy (non-hydrogen) atoms. The maximum atomic E-state index is 12.8. The van der Waals surface area contributed by atoms with Crippen molar-refractivity contribution in [3.05, 3.63) is 45.8 Å². The molecule has 0 saturated heterocycles. The molecule has 1 amide bonds. The predicted octanol–water partition coefficient (Wildman–Crippen LogP) is 3.52. The minimum absolute atomic E-state index is 0.0955. The highest BCUT2D eigenvalue weighted by Gasteiger charge is 2.29. The lowest BCUT2D eigenvalue weighted by molar-refractivity contribution is 0.0738. The smallest absolute Gasteiger partial charge is 0.264 e. The second-order valence-electron chi connectivity index (χ2n) is 6.26. The molecule has 0 radical (unpaired) electrons. The third kappa shape index (κ3) is 2.89.